The van der Waals surface area contributed by atoms with Gasteiger partial charge in [0.15, 0.2) is 0 Å². The van der Waals surface area contributed by atoms with Crippen LogP contribution in [-0.4, -0.2) is 39.6 Å². The van der Waals surface area contributed by atoms with Crippen LogP contribution in [0.2, 0.25) is 0 Å². The van der Waals surface area contributed by atoms with Crippen molar-refractivity contribution >= 4 is 17.7 Å². The van der Waals surface area contributed by atoms with E-state index in [9.17, 15) is 9.59 Å². The van der Waals surface area contributed by atoms with Crippen molar-refractivity contribution in [2.45, 2.75) is 25.3 Å². The molecule has 0 unspecified atom stereocenters. The fourth-order valence-corrected chi connectivity index (χ4v) is 1.88. The van der Waals surface area contributed by atoms with Gasteiger partial charge in [-0.1, -0.05) is 6.08 Å². The number of pyridine rings is 1. The summed E-state index contributed by atoms with van der Waals surface area (Å²) in [6.45, 7) is 4.16. The highest BCUT2D eigenvalue weighted by Crippen LogP contribution is 2.27. The van der Waals surface area contributed by atoms with Crippen LogP contribution in [0.3, 0.4) is 0 Å². The second kappa shape index (κ2) is 6.18. The van der Waals surface area contributed by atoms with Gasteiger partial charge in [0.2, 0.25) is 0 Å². The molecule has 2 rings (SSSR count). The Morgan fingerprint density at radius 1 is 1.50 bits per heavy atom. The monoisotopic (exact) mass is 275 g/mol. The molecule has 0 atom stereocenters. The fraction of sp³-hybridized carbons (Fsp3) is 0.357. The minimum atomic E-state index is -0.930. The highest BCUT2D eigenvalue weighted by atomic mass is 16.4. The number of carboxylic acids is 1. The van der Waals surface area contributed by atoms with E-state index in [0.29, 0.717) is 24.0 Å². The van der Waals surface area contributed by atoms with Crippen molar-refractivity contribution in [1.29, 1.82) is 0 Å². The van der Waals surface area contributed by atoms with E-state index < -0.39 is 5.97 Å². The van der Waals surface area contributed by atoms with Crippen LogP contribution >= 0.6 is 0 Å². The van der Waals surface area contributed by atoms with Gasteiger partial charge in [-0.2, -0.15) is 0 Å². The van der Waals surface area contributed by atoms with Crippen molar-refractivity contribution in [1.82, 2.24) is 9.88 Å². The van der Waals surface area contributed by atoms with Crippen LogP contribution < -0.4 is 5.32 Å². The average molecular weight is 275 g/mol. The van der Waals surface area contributed by atoms with Gasteiger partial charge in [-0.3, -0.25) is 9.78 Å². The number of aromatic nitrogens is 1. The highest BCUT2D eigenvalue weighted by Gasteiger charge is 2.31. The number of nitrogens with one attached hydrogen (secondary N) is 1. The van der Waals surface area contributed by atoms with E-state index in [-0.39, 0.29) is 12.5 Å². The van der Waals surface area contributed by atoms with Crippen molar-refractivity contribution in [3.8, 4) is 0 Å². The topological polar surface area (TPSA) is 82.5 Å². The molecule has 0 spiro atoms. The number of hydrogen-bond acceptors (Lipinski definition) is 3. The Kier molecular flexibility index (Phi) is 4.34. The molecular formula is C14H17N3O3. The first kappa shape index (κ1) is 14.0. The average Bonchev–Trinajstić information content (AvgIpc) is 3.22. The SMILES string of the molecule is C=CCN(C(=O)Nc1ccc(CC(=O)O)nc1)C1CC1. The summed E-state index contributed by atoms with van der Waals surface area (Å²) in [6, 6.07) is 3.37. The fourth-order valence-electron chi connectivity index (χ4n) is 1.88. The number of nitrogens with zero attached hydrogens (tertiary/aromatic N) is 2. The lowest BCUT2D eigenvalue weighted by Crippen LogP contribution is -2.36. The second-order valence-electron chi connectivity index (χ2n) is 4.71. The van der Waals surface area contributed by atoms with Crippen LogP contribution in [0.4, 0.5) is 10.5 Å². The quantitative estimate of drug-likeness (QED) is 0.777. The van der Waals surface area contributed by atoms with Crippen molar-refractivity contribution in [2.24, 2.45) is 0 Å². The molecule has 1 saturated carbocycles. The zero-order valence-electron chi connectivity index (χ0n) is 11.1. The number of carbonyl (C=O) groups is 2. The Morgan fingerprint density at radius 3 is 2.75 bits per heavy atom. The van der Waals surface area contributed by atoms with Crippen molar-refractivity contribution in [2.75, 3.05) is 11.9 Å². The summed E-state index contributed by atoms with van der Waals surface area (Å²) in [5, 5.41) is 11.4. The predicted molar refractivity (Wildman–Crippen MR) is 74.5 cm³/mol. The molecule has 20 heavy (non-hydrogen) atoms. The largest absolute Gasteiger partial charge is 0.481 e. The molecule has 6 heteroatoms. The third-order valence-electron chi connectivity index (χ3n) is 2.98. The van der Waals surface area contributed by atoms with E-state index in [1.165, 1.54) is 6.20 Å². The molecule has 2 N–H and O–H groups in total. The molecule has 1 aliphatic carbocycles. The molecule has 106 valence electrons. The predicted octanol–water partition coefficient (Wildman–Crippen LogP) is 1.89. The van der Waals surface area contributed by atoms with Crippen molar-refractivity contribution in [3.63, 3.8) is 0 Å². The molecule has 1 heterocycles. The Hall–Kier alpha value is -2.37. The first-order valence-electron chi connectivity index (χ1n) is 6.45. The Labute approximate surface area is 117 Å². The summed E-state index contributed by atoms with van der Waals surface area (Å²) in [5.41, 5.74) is 1.01. The molecule has 0 saturated heterocycles. The zero-order chi connectivity index (χ0) is 14.5. The zero-order valence-corrected chi connectivity index (χ0v) is 11.1. The van der Waals surface area contributed by atoms with Gasteiger partial charge in [0.1, 0.15) is 0 Å². The second-order valence-corrected chi connectivity index (χ2v) is 4.71. The van der Waals surface area contributed by atoms with Crippen LogP contribution in [0.25, 0.3) is 0 Å². The van der Waals surface area contributed by atoms with Crippen LogP contribution in [-0.2, 0) is 11.2 Å². The van der Waals surface area contributed by atoms with E-state index in [0.717, 1.165) is 12.8 Å². The molecule has 0 radical (unpaired) electrons. The van der Waals surface area contributed by atoms with Gasteiger partial charge in [-0.05, 0) is 25.0 Å². The Morgan fingerprint density at radius 2 is 2.25 bits per heavy atom. The van der Waals surface area contributed by atoms with Crippen LogP contribution in [0, 0.1) is 0 Å². The molecule has 1 aliphatic rings. The molecule has 0 aliphatic heterocycles. The maximum atomic E-state index is 12.1. The van der Waals surface area contributed by atoms with E-state index >= 15 is 0 Å². The molecule has 1 fully saturated rings. The van der Waals surface area contributed by atoms with E-state index in [1.807, 2.05) is 0 Å². The summed E-state index contributed by atoms with van der Waals surface area (Å²) in [6.07, 6.45) is 5.09. The van der Waals surface area contributed by atoms with Gasteiger partial charge in [0, 0.05) is 12.6 Å². The van der Waals surface area contributed by atoms with Gasteiger partial charge in [-0.25, -0.2) is 4.79 Å². The summed E-state index contributed by atoms with van der Waals surface area (Å²) < 4.78 is 0. The minimum Gasteiger partial charge on any atom is -0.481 e. The molecule has 6 nitrogen and oxygen atoms in total. The summed E-state index contributed by atoms with van der Waals surface area (Å²) in [5.74, 6) is -0.930. The smallest absolute Gasteiger partial charge is 0.322 e. The summed E-state index contributed by atoms with van der Waals surface area (Å²) >= 11 is 0. The van der Waals surface area contributed by atoms with Gasteiger partial charge in [0.05, 0.1) is 24.0 Å². The minimum absolute atomic E-state index is 0.126. The van der Waals surface area contributed by atoms with Crippen LogP contribution in [0.1, 0.15) is 18.5 Å². The first-order chi connectivity index (χ1) is 9.60. The number of rotatable bonds is 6. The van der Waals surface area contributed by atoms with Gasteiger partial charge in [0.25, 0.3) is 0 Å². The van der Waals surface area contributed by atoms with Gasteiger partial charge >= 0.3 is 12.0 Å². The van der Waals surface area contributed by atoms with E-state index in [2.05, 4.69) is 16.9 Å². The van der Waals surface area contributed by atoms with Crippen molar-refractivity contribution < 1.29 is 14.7 Å². The molecule has 0 aromatic carbocycles. The molecule has 0 bridgehead atoms. The summed E-state index contributed by atoms with van der Waals surface area (Å²) in [4.78, 5) is 28.4. The summed E-state index contributed by atoms with van der Waals surface area (Å²) in [7, 11) is 0. The third-order valence-corrected chi connectivity index (χ3v) is 2.98. The number of carboxylic acid groups (broad SMARTS) is 1. The number of urea groups is 1. The normalized spacial score (nSPS) is 13.6. The van der Waals surface area contributed by atoms with Crippen molar-refractivity contribution in [3.05, 3.63) is 36.7 Å². The standard InChI is InChI=1S/C14H17N3O3/c1-2-7-17(12-5-6-12)14(20)16-11-4-3-10(15-9-11)8-13(18)19/h2-4,9,12H,1,5-8H2,(H,16,20)(H,18,19). The Bertz CT molecular complexity index is 509. The van der Waals surface area contributed by atoms with Crippen LogP contribution in [0.5, 0.6) is 0 Å². The number of carbonyl (C=O) groups excluding carboxylic acids is 1. The Balaban J connectivity index is 1.96. The molecule has 1 aromatic heterocycles. The molecule has 1 aromatic rings. The molecule has 2 amide bonds. The van der Waals surface area contributed by atoms with Gasteiger partial charge in [-0.15, -0.1) is 6.58 Å². The highest BCUT2D eigenvalue weighted by molar-refractivity contribution is 5.89. The first-order valence-corrected chi connectivity index (χ1v) is 6.45. The lowest BCUT2D eigenvalue weighted by Gasteiger charge is -2.21. The van der Waals surface area contributed by atoms with Crippen LogP contribution in [0.15, 0.2) is 31.0 Å². The third kappa shape index (κ3) is 3.81. The maximum absolute atomic E-state index is 12.1. The number of hydrogen-bond donors (Lipinski definition) is 2. The van der Waals surface area contributed by atoms with E-state index in [1.54, 1.807) is 23.1 Å². The number of anilines is 1. The molecular weight excluding hydrogens is 258 g/mol. The lowest BCUT2D eigenvalue weighted by molar-refractivity contribution is -0.136. The van der Waals surface area contributed by atoms with Gasteiger partial charge < -0.3 is 15.3 Å². The lowest BCUT2D eigenvalue weighted by atomic mass is 10.2. The van der Waals surface area contributed by atoms with E-state index in [4.69, 9.17) is 5.11 Å². The number of aliphatic carboxylic acids is 1. The maximum Gasteiger partial charge on any atom is 0.322 e. The number of amides is 2.